The first kappa shape index (κ1) is 10.5. The number of rotatable bonds is 4. The van der Waals surface area contributed by atoms with Gasteiger partial charge >= 0.3 is 0 Å². The van der Waals surface area contributed by atoms with Crippen molar-refractivity contribution in [3.63, 3.8) is 0 Å². The van der Waals surface area contributed by atoms with Gasteiger partial charge in [-0.2, -0.15) is 0 Å². The Balaban J connectivity index is 2.29. The quantitative estimate of drug-likeness (QED) is 0.552. The van der Waals surface area contributed by atoms with Crippen LogP contribution in [0.2, 0.25) is 0 Å². The molecule has 1 fully saturated rings. The van der Waals surface area contributed by atoms with Crippen LogP contribution in [0.4, 0.5) is 0 Å². The van der Waals surface area contributed by atoms with Gasteiger partial charge < -0.3 is 16.2 Å². The molecule has 0 aliphatic heterocycles. The summed E-state index contributed by atoms with van der Waals surface area (Å²) in [6.07, 6.45) is 0.863. The zero-order valence-electron chi connectivity index (χ0n) is 8.16. The SMILES string of the molecule is CNC(=O)C(O)C(N)C[C@H]1CC1C. The van der Waals surface area contributed by atoms with Crippen molar-refractivity contribution < 1.29 is 9.90 Å². The first-order valence-corrected chi connectivity index (χ1v) is 4.71. The number of carbonyl (C=O) groups is 1. The zero-order chi connectivity index (χ0) is 10.0. The zero-order valence-corrected chi connectivity index (χ0v) is 8.16. The summed E-state index contributed by atoms with van der Waals surface area (Å²) >= 11 is 0. The molecule has 0 spiro atoms. The number of carbonyl (C=O) groups excluding carboxylic acids is 1. The third-order valence-electron chi connectivity index (χ3n) is 2.77. The lowest BCUT2D eigenvalue weighted by Gasteiger charge is -2.16. The van der Waals surface area contributed by atoms with E-state index in [2.05, 4.69) is 12.2 Å². The number of aliphatic hydroxyl groups is 1. The van der Waals surface area contributed by atoms with Crippen molar-refractivity contribution in [1.82, 2.24) is 5.32 Å². The molecule has 13 heavy (non-hydrogen) atoms. The number of nitrogens with two attached hydrogens (primary N) is 1. The fourth-order valence-corrected chi connectivity index (χ4v) is 1.55. The fraction of sp³-hybridized carbons (Fsp3) is 0.889. The van der Waals surface area contributed by atoms with Crippen LogP contribution in [0.5, 0.6) is 0 Å². The largest absolute Gasteiger partial charge is 0.382 e. The van der Waals surface area contributed by atoms with E-state index in [9.17, 15) is 9.90 Å². The molecule has 0 bridgehead atoms. The summed E-state index contributed by atoms with van der Waals surface area (Å²) < 4.78 is 0. The number of aliphatic hydroxyl groups excluding tert-OH is 1. The average Bonchev–Trinajstić information content (AvgIpc) is 2.79. The van der Waals surface area contributed by atoms with E-state index in [1.807, 2.05) is 0 Å². The van der Waals surface area contributed by atoms with Crippen molar-refractivity contribution in [1.29, 1.82) is 0 Å². The van der Waals surface area contributed by atoms with E-state index >= 15 is 0 Å². The molecule has 0 aromatic carbocycles. The Morgan fingerprint density at radius 1 is 1.77 bits per heavy atom. The molecular formula is C9H18N2O2. The molecule has 76 valence electrons. The lowest BCUT2D eigenvalue weighted by molar-refractivity contribution is -0.129. The Morgan fingerprint density at radius 3 is 2.69 bits per heavy atom. The summed E-state index contributed by atoms with van der Waals surface area (Å²) in [5, 5.41) is 11.8. The first-order valence-electron chi connectivity index (χ1n) is 4.71. The number of hydrogen-bond acceptors (Lipinski definition) is 3. The highest BCUT2D eigenvalue weighted by atomic mass is 16.3. The molecule has 1 amide bonds. The summed E-state index contributed by atoms with van der Waals surface area (Å²) in [5.41, 5.74) is 5.69. The van der Waals surface area contributed by atoms with Crippen molar-refractivity contribution in [2.45, 2.75) is 31.9 Å². The van der Waals surface area contributed by atoms with Gasteiger partial charge in [-0.1, -0.05) is 6.92 Å². The van der Waals surface area contributed by atoms with E-state index in [1.165, 1.54) is 13.5 Å². The topological polar surface area (TPSA) is 75.3 Å². The van der Waals surface area contributed by atoms with Gasteiger partial charge in [0, 0.05) is 13.1 Å². The Kier molecular flexibility index (Phi) is 3.27. The second-order valence-electron chi connectivity index (χ2n) is 3.93. The lowest BCUT2D eigenvalue weighted by atomic mass is 10.0. The number of nitrogens with one attached hydrogen (secondary N) is 1. The molecule has 1 aliphatic rings. The van der Waals surface area contributed by atoms with Crippen LogP contribution in [0.3, 0.4) is 0 Å². The second-order valence-corrected chi connectivity index (χ2v) is 3.93. The minimum Gasteiger partial charge on any atom is -0.382 e. The Labute approximate surface area is 78.5 Å². The highest BCUT2D eigenvalue weighted by Crippen LogP contribution is 2.41. The first-order chi connectivity index (χ1) is 6.06. The molecule has 4 heteroatoms. The second kappa shape index (κ2) is 4.07. The molecular weight excluding hydrogens is 168 g/mol. The molecule has 1 aliphatic carbocycles. The van der Waals surface area contributed by atoms with Crippen LogP contribution in [-0.2, 0) is 4.79 Å². The molecule has 0 saturated heterocycles. The van der Waals surface area contributed by atoms with Crippen molar-refractivity contribution in [3.05, 3.63) is 0 Å². The molecule has 4 N–H and O–H groups in total. The van der Waals surface area contributed by atoms with Crippen molar-refractivity contribution >= 4 is 5.91 Å². The van der Waals surface area contributed by atoms with Gasteiger partial charge in [0.2, 0.25) is 5.91 Å². The maximum absolute atomic E-state index is 11.0. The van der Waals surface area contributed by atoms with E-state index in [1.54, 1.807) is 0 Å². The molecule has 1 saturated carbocycles. The molecule has 0 aromatic heterocycles. The summed E-state index contributed by atoms with van der Waals surface area (Å²) in [7, 11) is 1.50. The number of amides is 1. The normalized spacial score (nSPS) is 30.8. The van der Waals surface area contributed by atoms with Crippen molar-refractivity contribution in [2.75, 3.05) is 7.05 Å². The van der Waals surface area contributed by atoms with Crippen LogP contribution in [0, 0.1) is 11.8 Å². The summed E-state index contributed by atoms with van der Waals surface area (Å²) in [4.78, 5) is 11.0. The van der Waals surface area contributed by atoms with Crippen LogP contribution >= 0.6 is 0 Å². The maximum atomic E-state index is 11.0. The van der Waals surface area contributed by atoms with Gasteiger partial charge in [0.05, 0.1) is 0 Å². The van der Waals surface area contributed by atoms with Crippen molar-refractivity contribution in [3.8, 4) is 0 Å². The fourth-order valence-electron chi connectivity index (χ4n) is 1.55. The Hall–Kier alpha value is -0.610. The molecule has 3 unspecified atom stereocenters. The predicted molar refractivity (Wildman–Crippen MR) is 49.9 cm³/mol. The summed E-state index contributed by atoms with van der Waals surface area (Å²) in [6, 6.07) is -0.421. The van der Waals surface area contributed by atoms with E-state index < -0.39 is 12.1 Å². The van der Waals surface area contributed by atoms with E-state index in [0.29, 0.717) is 11.8 Å². The van der Waals surface area contributed by atoms with Crippen LogP contribution in [-0.4, -0.2) is 30.2 Å². The van der Waals surface area contributed by atoms with Crippen LogP contribution in [0.15, 0.2) is 0 Å². The van der Waals surface area contributed by atoms with E-state index in [4.69, 9.17) is 5.73 Å². The lowest BCUT2D eigenvalue weighted by Crippen LogP contribution is -2.45. The van der Waals surface area contributed by atoms with Gasteiger partial charge in [0.15, 0.2) is 0 Å². The number of likely N-dealkylation sites (N-methyl/N-ethyl adjacent to an activating group) is 1. The third-order valence-corrected chi connectivity index (χ3v) is 2.77. The van der Waals surface area contributed by atoms with E-state index in [-0.39, 0.29) is 5.91 Å². The standard InChI is InChI=1S/C9H18N2O2/c1-5-3-6(5)4-7(10)8(12)9(13)11-2/h5-8,12H,3-4,10H2,1-2H3,(H,11,13)/t5?,6-,7?,8?/m1/s1. The average molecular weight is 186 g/mol. The molecule has 0 aromatic rings. The van der Waals surface area contributed by atoms with Gasteiger partial charge in [-0.05, 0) is 24.7 Å². The minimum atomic E-state index is -1.06. The van der Waals surface area contributed by atoms with Gasteiger partial charge in [-0.15, -0.1) is 0 Å². The van der Waals surface area contributed by atoms with Gasteiger partial charge in [-0.3, -0.25) is 4.79 Å². The molecule has 0 heterocycles. The summed E-state index contributed by atoms with van der Waals surface area (Å²) in [6.45, 7) is 2.16. The Morgan fingerprint density at radius 2 is 2.31 bits per heavy atom. The predicted octanol–water partition coefficient (Wildman–Crippen LogP) is -0.533. The van der Waals surface area contributed by atoms with Gasteiger partial charge in [0.1, 0.15) is 6.10 Å². The highest BCUT2D eigenvalue weighted by Gasteiger charge is 2.36. The third kappa shape index (κ3) is 2.67. The van der Waals surface area contributed by atoms with E-state index in [0.717, 1.165) is 6.42 Å². The smallest absolute Gasteiger partial charge is 0.250 e. The maximum Gasteiger partial charge on any atom is 0.250 e. The van der Waals surface area contributed by atoms with Gasteiger partial charge in [-0.25, -0.2) is 0 Å². The summed E-state index contributed by atoms with van der Waals surface area (Å²) in [5.74, 6) is 0.929. The molecule has 4 atom stereocenters. The van der Waals surface area contributed by atoms with Crippen LogP contribution in [0.25, 0.3) is 0 Å². The van der Waals surface area contributed by atoms with Crippen LogP contribution in [0.1, 0.15) is 19.8 Å². The monoisotopic (exact) mass is 186 g/mol. The molecule has 1 rings (SSSR count). The molecule has 4 nitrogen and oxygen atoms in total. The minimum absolute atomic E-state index is 0.388. The number of hydrogen-bond donors (Lipinski definition) is 3. The molecule has 0 radical (unpaired) electrons. The van der Waals surface area contributed by atoms with Crippen molar-refractivity contribution in [2.24, 2.45) is 17.6 Å². The Bertz CT molecular complexity index is 196. The van der Waals surface area contributed by atoms with Gasteiger partial charge in [0.25, 0.3) is 0 Å². The highest BCUT2D eigenvalue weighted by molar-refractivity contribution is 5.80. The van der Waals surface area contributed by atoms with Crippen LogP contribution < -0.4 is 11.1 Å².